The maximum atomic E-state index is 12.1. The van der Waals surface area contributed by atoms with Gasteiger partial charge in [0.25, 0.3) is 5.56 Å². The maximum Gasteiger partial charge on any atom is 0.329 e. The summed E-state index contributed by atoms with van der Waals surface area (Å²) in [6.45, 7) is 2.13. The number of imidazole rings is 1. The van der Waals surface area contributed by atoms with Crippen molar-refractivity contribution in [3.05, 3.63) is 20.8 Å². The summed E-state index contributed by atoms with van der Waals surface area (Å²) in [7, 11) is 3.43. The molecule has 24 heavy (non-hydrogen) atoms. The van der Waals surface area contributed by atoms with Crippen LogP contribution in [0.3, 0.4) is 0 Å². The number of rotatable bonds is 3. The van der Waals surface area contributed by atoms with Gasteiger partial charge in [0, 0.05) is 39.3 Å². The summed E-state index contributed by atoms with van der Waals surface area (Å²) in [6, 6.07) is 1.07. The van der Waals surface area contributed by atoms with E-state index in [1.54, 1.807) is 18.7 Å². The lowest BCUT2D eigenvalue weighted by molar-refractivity contribution is 0.245. The van der Waals surface area contributed by atoms with Gasteiger partial charge in [-0.1, -0.05) is 12.8 Å². The Balaban J connectivity index is 1.58. The molecule has 2 aliphatic rings. The lowest BCUT2D eigenvalue weighted by Crippen LogP contribution is -2.33. The number of fused-ring (bicyclic) bond motifs is 1. The molecule has 1 aliphatic carbocycles. The average molecular weight is 332 g/mol. The normalized spacial score (nSPS) is 22.7. The highest BCUT2D eigenvalue weighted by Crippen LogP contribution is 2.27. The van der Waals surface area contributed by atoms with Gasteiger partial charge in [-0.3, -0.25) is 19.2 Å². The molecule has 2 aromatic rings. The van der Waals surface area contributed by atoms with Crippen LogP contribution in [0, 0.1) is 0 Å². The molecule has 1 atom stereocenters. The van der Waals surface area contributed by atoms with Crippen LogP contribution in [0.15, 0.2) is 9.59 Å². The molecule has 130 valence electrons. The smallest absolute Gasteiger partial charge is 0.329 e. The minimum atomic E-state index is -0.439. The van der Waals surface area contributed by atoms with Crippen LogP contribution in [0.25, 0.3) is 11.2 Å². The molecule has 0 aromatic carbocycles. The first-order valence-electron chi connectivity index (χ1n) is 8.71. The van der Waals surface area contributed by atoms with E-state index in [0.717, 1.165) is 25.6 Å². The number of aromatic nitrogens is 4. The van der Waals surface area contributed by atoms with Crippen molar-refractivity contribution in [1.29, 1.82) is 0 Å². The number of nitrogens with one attached hydrogen (secondary N) is 2. The van der Waals surface area contributed by atoms with E-state index in [4.69, 9.17) is 0 Å². The Morgan fingerprint density at radius 3 is 2.62 bits per heavy atom. The number of hydrogen-bond acceptors (Lipinski definition) is 5. The fourth-order valence-corrected chi connectivity index (χ4v) is 4.13. The van der Waals surface area contributed by atoms with Crippen LogP contribution in [-0.2, 0) is 14.1 Å². The molecular weight excluding hydrogens is 308 g/mol. The summed E-state index contributed by atoms with van der Waals surface area (Å²) in [5, 5.41) is 3.47. The predicted octanol–water partition coefficient (Wildman–Crippen LogP) is 0.389. The van der Waals surface area contributed by atoms with E-state index >= 15 is 0 Å². The minimum absolute atomic E-state index is 0.331. The quantitative estimate of drug-likeness (QED) is 0.849. The van der Waals surface area contributed by atoms with Gasteiger partial charge < -0.3 is 9.88 Å². The monoisotopic (exact) mass is 332 g/mol. The number of nitrogens with zero attached hydrogens (tertiary/aromatic N) is 4. The number of H-pyrrole nitrogens is 1. The molecule has 0 spiro atoms. The van der Waals surface area contributed by atoms with Gasteiger partial charge in [0.15, 0.2) is 11.2 Å². The standard InChI is InChI=1S/C16H24N6O2/c1-20-12-13(21(2)16(24)19-14(12)23)18-15(20)17-10-7-8-22(9-10)11-5-3-4-6-11/h10-11H,3-9H2,1-2H3,(H,17,18)(H,19,23,24)/t10-/m0/s1. The van der Waals surface area contributed by atoms with Crippen molar-refractivity contribution in [2.75, 3.05) is 18.4 Å². The molecule has 2 N–H and O–H groups in total. The lowest BCUT2D eigenvalue weighted by atomic mass is 10.2. The van der Waals surface area contributed by atoms with Gasteiger partial charge in [-0.15, -0.1) is 0 Å². The fraction of sp³-hybridized carbons (Fsp3) is 0.688. The number of hydrogen-bond donors (Lipinski definition) is 2. The number of anilines is 1. The molecule has 0 bridgehead atoms. The first kappa shape index (κ1) is 15.4. The molecule has 8 heteroatoms. The van der Waals surface area contributed by atoms with Crippen molar-refractivity contribution in [3.8, 4) is 0 Å². The third-order valence-electron chi connectivity index (χ3n) is 5.53. The molecule has 4 rings (SSSR count). The van der Waals surface area contributed by atoms with Gasteiger partial charge in [-0.2, -0.15) is 4.98 Å². The van der Waals surface area contributed by atoms with Gasteiger partial charge in [0.05, 0.1) is 0 Å². The molecular formula is C16H24N6O2. The van der Waals surface area contributed by atoms with Gasteiger partial charge in [-0.25, -0.2) is 4.79 Å². The molecule has 1 aliphatic heterocycles. The topological polar surface area (TPSA) is 88.0 Å². The Hall–Kier alpha value is -2.09. The summed E-state index contributed by atoms with van der Waals surface area (Å²) in [6.07, 6.45) is 6.41. The third kappa shape index (κ3) is 2.45. The minimum Gasteiger partial charge on any atom is -0.352 e. The van der Waals surface area contributed by atoms with Gasteiger partial charge in [0.2, 0.25) is 5.95 Å². The largest absolute Gasteiger partial charge is 0.352 e. The van der Waals surface area contributed by atoms with Crippen molar-refractivity contribution in [3.63, 3.8) is 0 Å². The first-order chi connectivity index (χ1) is 11.5. The van der Waals surface area contributed by atoms with Gasteiger partial charge in [0.1, 0.15) is 0 Å². The van der Waals surface area contributed by atoms with Crippen molar-refractivity contribution in [2.24, 2.45) is 14.1 Å². The molecule has 8 nitrogen and oxygen atoms in total. The molecule has 0 radical (unpaired) electrons. The second-order valence-electron chi connectivity index (χ2n) is 7.05. The van der Waals surface area contributed by atoms with E-state index in [-0.39, 0.29) is 0 Å². The van der Waals surface area contributed by atoms with E-state index in [0.29, 0.717) is 23.2 Å². The van der Waals surface area contributed by atoms with Crippen molar-refractivity contribution in [1.82, 2.24) is 24.0 Å². The zero-order valence-corrected chi connectivity index (χ0v) is 14.2. The Morgan fingerprint density at radius 2 is 1.88 bits per heavy atom. The Kier molecular flexibility index (Phi) is 3.71. The third-order valence-corrected chi connectivity index (χ3v) is 5.53. The highest BCUT2D eigenvalue weighted by atomic mass is 16.2. The summed E-state index contributed by atoms with van der Waals surface area (Å²) in [5.41, 5.74) is 0.00483. The summed E-state index contributed by atoms with van der Waals surface area (Å²) in [5.74, 6) is 0.648. The van der Waals surface area contributed by atoms with E-state index in [1.807, 2.05) is 0 Å². The van der Waals surface area contributed by atoms with Gasteiger partial charge >= 0.3 is 5.69 Å². The molecule has 3 heterocycles. The zero-order chi connectivity index (χ0) is 16.8. The van der Waals surface area contributed by atoms with Crippen LogP contribution in [0.2, 0.25) is 0 Å². The maximum absolute atomic E-state index is 12.1. The molecule has 2 fully saturated rings. The van der Waals surface area contributed by atoms with Gasteiger partial charge in [-0.05, 0) is 19.3 Å². The van der Waals surface area contributed by atoms with E-state index in [9.17, 15) is 9.59 Å². The first-order valence-corrected chi connectivity index (χ1v) is 8.71. The Bertz CT molecular complexity index is 873. The molecule has 1 saturated heterocycles. The fourth-order valence-electron chi connectivity index (χ4n) is 4.13. The molecule has 2 aromatic heterocycles. The lowest BCUT2D eigenvalue weighted by Gasteiger charge is -2.23. The highest BCUT2D eigenvalue weighted by Gasteiger charge is 2.30. The zero-order valence-electron chi connectivity index (χ0n) is 14.2. The van der Waals surface area contributed by atoms with E-state index in [1.165, 1.54) is 30.3 Å². The summed E-state index contributed by atoms with van der Waals surface area (Å²) in [4.78, 5) is 33.2. The van der Waals surface area contributed by atoms with Crippen LogP contribution in [-0.4, -0.2) is 49.2 Å². The van der Waals surface area contributed by atoms with Crippen LogP contribution >= 0.6 is 0 Å². The second-order valence-corrected chi connectivity index (χ2v) is 7.05. The van der Waals surface area contributed by atoms with E-state index < -0.39 is 11.2 Å². The molecule has 0 unspecified atom stereocenters. The second kappa shape index (κ2) is 5.77. The SMILES string of the molecule is Cn1c(N[C@H]2CCN(C3CCCC3)C2)nc2c1c(=O)[nH]c(=O)n2C. The van der Waals surface area contributed by atoms with Crippen molar-refractivity contribution < 1.29 is 0 Å². The predicted molar refractivity (Wildman–Crippen MR) is 92.4 cm³/mol. The number of likely N-dealkylation sites (tertiary alicyclic amines) is 1. The number of aryl methyl sites for hydroxylation is 2. The van der Waals surface area contributed by atoms with Crippen LogP contribution in [0.4, 0.5) is 5.95 Å². The molecule has 0 amide bonds. The van der Waals surface area contributed by atoms with Crippen molar-refractivity contribution in [2.45, 2.75) is 44.2 Å². The van der Waals surface area contributed by atoms with Crippen LogP contribution in [0.1, 0.15) is 32.1 Å². The highest BCUT2D eigenvalue weighted by molar-refractivity contribution is 5.73. The van der Waals surface area contributed by atoms with E-state index in [2.05, 4.69) is 20.2 Å². The van der Waals surface area contributed by atoms with Crippen molar-refractivity contribution >= 4 is 17.1 Å². The summed E-state index contributed by atoms with van der Waals surface area (Å²) < 4.78 is 3.12. The Labute approximate surface area is 139 Å². The van der Waals surface area contributed by atoms with Crippen LogP contribution in [0.5, 0.6) is 0 Å². The Morgan fingerprint density at radius 1 is 1.12 bits per heavy atom. The molecule has 1 saturated carbocycles. The summed E-state index contributed by atoms with van der Waals surface area (Å²) >= 11 is 0. The average Bonchev–Trinajstić information content (AvgIpc) is 3.26. The van der Waals surface area contributed by atoms with Crippen LogP contribution < -0.4 is 16.6 Å². The number of aromatic amines is 1.